The fraction of sp³-hybridized carbons (Fsp3) is 0.333. The summed E-state index contributed by atoms with van der Waals surface area (Å²) in [6.45, 7) is 1.32. The monoisotopic (exact) mass is 396 g/mol. The van der Waals surface area contributed by atoms with Crippen LogP contribution in [0.1, 0.15) is 24.6 Å². The molecule has 1 aliphatic heterocycles. The molecule has 1 saturated heterocycles. The second-order valence-electron chi connectivity index (χ2n) is 6.99. The van der Waals surface area contributed by atoms with Crippen LogP contribution in [0.25, 0.3) is 11.3 Å². The number of nitrogens with one attached hydrogen (secondary N) is 1. The van der Waals surface area contributed by atoms with E-state index in [1.807, 2.05) is 29.6 Å². The number of thiazole rings is 1. The number of anilines is 1. The van der Waals surface area contributed by atoms with E-state index < -0.39 is 0 Å². The number of methoxy groups -OCH3 is 1. The smallest absolute Gasteiger partial charge is 0.240 e. The molecule has 1 N–H and O–H groups in total. The normalized spacial score (nSPS) is 17.0. The zero-order chi connectivity index (χ0) is 19.5. The SMILES string of the molecule is COc1ccc(-c2csc(NC(=O)CN3CCC[C@H]3c3cccn3C)n2)cc1. The number of likely N-dealkylation sites (tertiary alicyclic amines) is 1. The molecule has 1 aliphatic rings. The number of benzene rings is 1. The fourth-order valence-electron chi connectivity index (χ4n) is 3.74. The molecule has 7 heteroatoms. The molecule has 2 aromatic heterocycles. The highest BCUT2D eigenvalue weighted by atomic mass is 32.1. The Labute approximate surface area is 168 Å². The van der Waals surface area contributed by atoms with E-state index in [9.17, 15) is 4.79 Å². The molecular formula is C21H24N4O2S. The van der Waals surface area contributed by atoms with E-state index in [-0.39, 0.29) is 5.91 Å². The van der Waals surface area contributed by atoms with Gasteiger partial charge in [-0.1, -0.05) is 0 Å². The summed E-state index contributed by atoms with van der Waals surface area (Å²) in [4.78, 5) is 19.4. The number of ether oxygens (including phenoxy) is 1. The van der Waals surface area contributed by atoms with Gasteiger partial charge in [0, 0.05) is 29.9 Å². The predicted molar refractivity (Wildman–Crippen MR) is 112 cm³/mol. The van der Waals surface area contributed by atoms with Crippen molar-refractivity contribution in [2.24, 2.45) is 7.05 Å². The Bertz CT molecular complexity index is 947. The van der Waals surface area contributed by atoms with Crippen LogP contribution in [0.15, 0.2) is 48.0 Å². The molecule has 4 rings (SSSR count). The van der Waals surface area contributed by atoms with E-state index in [1.165, 1.54) is 17.0 Å². The van der Waals surface area contributed by atoms with Crippen molar-refractivity contribution in [3.8, 4) is 17.0 Å². The second-order valence-corrected chi connectivity index (χ2v) is 7.85. The van der Waals surface area contributed by atoms with Crippen LogP contribution < -0.4 is 10.1 Å². The fourth-order valence-corrected chi connectivity index (χ4v) is 4.48. The van der Waals surface area contributed by atoms with E-state index >= 15 is 0 Å². The third kappa shape index (κ3) is 3.95. The van der Waals surface area contributed by atoms with Gasteiger partial charge in [0.25, 0.3) is 0 Å². The highest BCUT2D eigenvalue weighted by Crippen LogP contribution is 2.32. The number of carbonyl (C=O) groups excluding carboxylic acids is 1. The largest absolute Gasteiger partial charge is 0.497 e. The summed E-state index contributed by atoms with van der Waals surface area (Å²) in [7, 11) is 3.70. The molecule has 0 bridgehead atoms. The van der Waals surface area contributed by atoms with Crippen LogP contribution in [0, 0.1) is 0 Å². The molecule has 0 radical (unpaired) electrons. The van der Waals surface area contributed by atoms with Crippen LogP contribution in [-0.4, -0.2) is 40.6 Å². The van der Waals surface area contributed by atoms with Crippen LogP contribution >= 0.6 is 11.3 Å². The van der Waals surface area contributed by atoms with Gasteiger partial charge in [-0.3, -0.25) is 9.69 Å². The first kappa shape index (κ1) is 18.7. The number of amides is 1. The first-order chi connectivity index (χ1) is 13.6. The van der Waals surface area contributed by atoms with Gasteiger partial charge in [-0.05, 0) is 55.8 Å². The van der Waals surface area contributed by atoms with Gasteiger partial charge in [0.1, 0.15) is 5.75 Å². The highest BCUT2D eigenvalue weighted by Gasteiger charge is 2.29. The van der Waals surface area contributed by atoms with Crippen molar-refractivity contribution in [1.29, 1.82) is 0 Å². The summed E-state index contributed by atoms with van der Waals surface area (Å²) in [5.41, 5.74) is 3.12. The molecule has 3 heterocycles. The molecule has 28 heavy (non-hydrogen) atoms. The Morgan fingerprint density at radius 2 is 2.14 bits per heavy atom. The second kappa shape index (κ2) is 8.16. The van der Waals surface area contributed by atoms with Crippen molar-refractivity contribution in [2.45, 2.75) is 18.9 Å². The predicted octanol–water partition coefficient (Wildman–Crippen LogP) is 3.93. The molecule has 0 saturated carbocycles. The maximum Gasteiger partial charge on any atom is 0.240 e. The molecular weight excluding hydrogens is 372 g/mol. The first-order valence-electron chi connectivity index (χ1n) is 9.39. The van der Waals surface area contributed by atoms with E-state index in [4.69, 9.17) is 4.74 Å². The van der Waals surface area contributed by atoms with Crippen molar-refractivity contribution < 1.29 is 9.53 Å². The van der Waals surface area contributed by atoms with Crippen LogP contribution in [0.3, 0.4) is 0 Å². The molecule has 1 amide bonds. The maximum atomic E-state index is 12.6. The average molecular weight is 397 g/mol. The average Bonchev–Trinajstić information content (AvgIpc) is 3.43. The molecule has 1 aromatic carbocycles. The molecule has 1 atom stereocenters. The zero-order valence-electron chi connectivity index (χ0n) is 16.1. The summed E-state index contributed by atoms with van der Waals surface area (Å²) < 4.78 is 7.33. The van der Waals surface area contributed by atoms with Crippen LogP contribution in [0.5, 0.6) is 5.75 Å². The lowest BCUT2D eigenvalue weighted by molar-refractivity contribution is -0.117. The standard InChI is InChI=1S/C21H24N4O2S/c1-24-11-3-5-18(24)19-6-4-12-25(19)13-20(26)23-21-22-17(14-28-21)15-7-9-16(27-2)10-8-15/h3,5,7-11,14,19H,4,6,12-13H2,1-2H3,(H,22,23,26)/t19-/m0/s1. The zero-order valence-corrected chi connectivity index (χ0v) is 16.9. The van der Waals surface area contributed by atoms with Gasteiger partial charge in [0.15, 0.2) is 5.13 Å². The van der Waals surface area contributed by atoms with Gasteiger partial charge in [0.05, 0.1) is 25.4 Å². The third-order valence-electron chi connectivity index (χ3n) is 5.17. The van der Waals surface area contributed by atoms with Gasteiger partial charge in [-0.2, -0.15) is 0 Å². The molecule has 6 nitrogen and oxygen atoms in total. The van der Waals surface area contributed by atoms with Crippen molar-refractivity contribution in [3.63, 3.8) is 0 Å². The van der Waals surface area contributed by atoms with Crippen molar-refractivity contribution in [1.82, 2.24) is 14.5 Å². The lowest BCUT2D eigenvalue weighted by atomic mass is 10.1. The highest BCUT2D eigenvalue weighted by molar-refractivity contribution is 7.14. The van der Waals surface area contributed by atoms with Gasteiger partial charge in [-0.15, -0.1) is 11.3 Å². The summed E-state index contributed by atoms with van der Waals surface area (Å²) in [5.74, 6) is 0.794. The van der Waals surface area contributed by atoms with Gasteiger partial charge < -0.3 is 14.6 Å². The van der Waals surface area contributed by atoms with E-state index in [0.29, 0.717) is 17.7 Å². The number of hydrogen-bond acceptors (Lipinski definition) is 5. The molecule has 0 spiro atoms. The molecule has 3 aromatic rings. The van der Waals surface area contributed by atoms with Gasteiger partial charge in [0.2, 0.25) is 5.91 Å². The van der Waals surface area contributed by atoms with Gasteiger partial charge in [-0.25, -0.2) is 4.98 Å². The molecule has 146 valence electrons. The van der Waals surface area contributed by atoms with Crippen molar-refractivity contribution >= 4 is 22.4 Å². The Hall–Kier alpha value is -2.64. The van der Waals surface area contributed by atoms with Crippen LogP contribution in [0.4, 0.5) is 5.13 Å². The molecule has 0 aliphatic carbocycles. The number of nitrogens with zero attached hydrogens (tertiary/aromatic N) is 3. The first-order valence-corrected chi connectivity index (χ1v) is 10.3. The minimum atomic E-state index is -0.0169. The Kier molecular flexibility index (Phi) is 5.45. The lowest BCUT2D eigenvalue weighted by Gasteiger charge is -2.24. The minimum absolute atomic E-state index is 0.0169. The third-order valence-corrected chi connectivity index (χ3v) is 5.93. The summed E-state index contributed by atoms with van der Waals surface area (Å²) in [6.07, 6.45) is 4.26. The molecule has 0 unspecified atom stereocenters. The van der Waals surface area contributed by atoms with Crippen molar-refractivity contribution in [3.05, 3.63) is 53.7 Å². The summed E-state index contributed by atoms with van der Waals surface area (Å²) in [6, 6.07) is 12.2. The van der Waals surface area contributed by atoms with E-state index in [1.54, 1.807) is 7.11 Å². The number of aryl methyl sites for hydroxylation is 1. The maximum absolute atomic E-state index is 12.6. The quantitative estimate of drug-likeness (QED) is 0.686. The number of rotatable bonds is 6. The molecule has 1 fully saturated rings. The van der Waals surface area contributed by atoms with E-state index in [0.717, 1.165) is 36.4 Å². The number of aromatic nitrogens is 2. The number of hydrogen-bond donors (Lipinski definition) is 1. The topological polar surface area (TPSA) is 59.4 Å². The number of carbonyl (C=O) groups is 1. The van der Waals surface area contributed by atoms with Gasteiger partial charge >= 0.3 is 0 Å². The lowest BCUT2D eigenvalue weighted by Crippen LogP contribution is -2.33. The van der Waals surface area contributed by atoms with Crippen LogP contribution in [0.2, 0.25) is 0 Å². The Morgan fingerprint density at radius 1 is 1.32 bits per heavy atom. The van der Waals surface area contributed by atoms with Crippen molar-refractivity contribution in [2.75, 3.05) is 25.5 Å². The Balaban J connectivity index is 1.39. The summed E-state index contributed by atoms with van der Waals surface area (Å²) in [5, 5.41) is 5.55. The summed E-state index contributed by atoms with van der Waals surface area (Å²) >= 11 is 1.44. The van der Waals surface area contributed by atoms with Crippen LogP contribution in [-0.2, 0) is 11.8 Å². The minimum Gasteiger partial charge on any atom is -0.497 e. The van der Waals surface area contributed by atoms with E-state index in [2.05, 4.69) is 45.1 Å². The Morgan fingerprint density at radius 3 is 2.86 bits per heavy atom.